The van der Waals surface area contributed by atoms with Crippen molar-refractivity contribution in [2.45, 2.75) is 90.6 Å². The standard InChI is InChI=1S/C26H36O4/c1-16(27)30-19-10-12-25(2)18(14-19)5-6-20-22-8-7-21(17-4-9-24(28)29-15-17)26(22,3)13-11-23(20)25/h4,9,15,18-23H,5-8,10-14H2,1-3H3/t18-,19-,20-,21+,22-,23-,25-,26+/m0/s1. The first-order chi connectivity index (χ1) is 14.3. The summed E-state index contributed by atoms with van der Waals surface area (Å²) >= 11 is 0. The van der Waals surface area contributed by atoms with Gasteiger partial charge in [-0.3, -0.25) is 4.79 Å². The summed E-state index contributed by atoms with van der Waals surface area (Å²) in [6, 6.07) is 3.59. The number of carbonyl (C=O) groups excluding carboxylic acids is 1. The topological polar surface area (TPSA) is 56.5 Å². The van der Waals surface area contributed by atoms with Crippen molar-refractivity contribution in [3.05, 3.63) is 34.4 Å². The minimum Gasteiger partial charge on any atom is -0.463 e. The summed E-state index contributed by atoms with van der Waals surface area (Å²) in [6.45, 7) is 6.61. The fourth-order valence-electron chi connectivity index (χ4n) is 8.68. The predicted octanol–water partition coefficient (Wildman–Crippen LogP) is 5.70. The highest BCUT2D eigenvalue weighted by Gasteiger charge is 2.60. The van der Waals surface area contributed by atoms with Gasteiger partial charge >= 0.3 is 11.6 Å². The van der Waals surface area contributed by atoms with Crippen LogP contribution in [0.4, 0.5) is 0 Å². The molecule has 0 unspecified atom stereocenters. The van der Waals surface area contributed by atoms with Crippen LogP contribution in [0.2, 0.25) is 0 Å². The molecular weight excluding hydrogens is 376 g/mol. The summed E-state index contributed by atoms with van der Waals surface area (Å²) in [5, 5.41) is 0. The van der Waals surface area contributed by atoms with Crippen LogP contribution in [0.1, 0.15) is 90.0 Å². The molecule has 4 aliphatic carbocycles. The minimum atomic E-state index is -0.252. The lowest BCUT2D eigenvalue weighted by Crippen LogP contribution is -2.54. The highest BCUT2D eigenvalue weighted by atomic mass is 16.5. The van der Waals surface area contributed by atoms with Crippen molar-refractivity contribution in [2.24, 2.45) is 34.5 Å². The maximum Gasteiger partial charge on any atom is 0.335 e. The van der Waals surface area contributed by atoms with Crippen LogP contribution in [0, 0.1) is 34.5 Å². The average Bonchev–Trinajstić information content (AvgIpc) is 3.06. The lowest BCUT2D eigenvalue weighted by molar-refractivity contribution is -0.159. The maximum atomic E-state index is 11.5. The Morgan fingerprint density at radius 2 is 1.77 bits per heavy atom. The largest absolute Gasteiger partial charge is 0.463 e. The molecule has 0 N–H and O–H groups in total. The summed E-state index contributed by atoms with van der Waals surface area (Å²) in [6.07, 6.45) is 12.9. The molecule has 0 radical (unpaired) electrons. The summed E-state index contributed by atoms with van der Waals surface area (Å²) < 4.78 is 10.8. The fourth-order valence-corrected chi connectivity index (χ4v) is 8.68. The van der Waals surface area contributed by atoms with Gasteiger partial charge in [0.1, 0.15) is 6.10 Å². The molecule has 5 rings (SSSR count). The number of fused-ring (bicyclic) bond motifs is 5. The van der Waals surface area contributed by atoms with Gasteiger partial charge in [-0.15, -0.1) is 0 Å². The molecule has 0 aliphatic heterocycles. The molecule has 164 valence electrons. The van der Waals surface area contributed by atoms with Crippen LogP contribution in [0.25, 0.3) is 0 Å². The first-order valence-corrected chi connectivity index (χ1v) is 12.1. The van der Waals surface area contributed by atoms with Gasteiger partial charge in [0.25, 0.3) is 0 Å². The maximum absolute atomic E-state index is 11.5. The van der Waals surface area contributed by atoms with Crippen LogP contribution in [0.5, 0.6) is 0 Å². The van der Waals surface area contributed by atoms with Crippen molar-refractivity contribution in [2.75, 3.05) is 0 Å². The van der Waals surface area contributed by atoms with E-state index in [-0.39, 0.29) is 17.7 Å². The third-order valence-electron chi connectivity index (χ3n) is 10.1. The first-order valence-electron chi connectivity index (χ1n) is 12.1. The van der Waals surface area contributed by atoms with Crippen molar-refractivity contribution in [3.8, 4) is 0 Å². The fraction of sp³-hybridized carbons (Fsp3) is 0.769. The number of esters is 1. The van der Waals surface area contributed by atoms with E-state index in [0.717, 1.165) is 30.6 Å². The second kappa shape index (κ2) is 7.24. The van der Waals surface area contributed by atoms with Crippen molar-refractivity contribution in [3.63, 3.8) is 0 Å². The van der Waals surface area contributed by atoms with E-state index in [9.17, 15) is 9.59 Å². The number of rotatable bonds is 2. The van der Waals surface area contributed by atoms with Crippen LogP contribution in [0.15, 0.2) is 27.6 Å². The third-order valence-corrected chi connectivity index (χ3v) is 10.1. The number of hydrogen-bond donors (Lipinski definition) is 0. The Kier molecular flexibility index (Phi) is 4.91. The molecule has 1 aromatic rings. The monoisotopic (exact) mass is 412 g/mol. The minimum absolute atomic E-state index is 0.125. The third kappa shape index (κ3) is 3.08. The molecule has 30 heavy (non-hydrogen) atoms. The Bertz CT molecular complexity index is 854. The molecule has 0 bridgehead atoms. The zero-order valence-corrected chi connectivity index (χ0v) is 18.7. The van der Waals surface area contributed by atoms with Gasteiger partial charge in [-0.2, -0.15) is 0 Å². The van der Waals surface area contributed by atoms with Crippen molar-refractivity contribution in [1.29, 1.82) is 0 Å². The van der Waals surface area contributed by atoms with Crippen molar-refractivity contribution < 1.29 is 13.9 Å². The molecule has 1 heterocycles. The Hall–Kier alpha value is -1.58. The zero-order chi connectivity index (χ0) is 21.1. The molecule has 4 fully saturated rings. The van der Waals surface area contributed by atoms with Gasteiger partial charge in [0, 0.05) is 13.0 Å². The van der Waals surface area contributed by atoms with Crippen molar-refractivity contribution >= 4 is 5.97 Å². The van der Waals surface area contributed by atoms with Gasteiger partial charge in [0.05, 0.1) is 6.26 Å². The lowest BCUT2D eigenvalue weighted by Gasteiger charge is -2.61. The normalized spacial score (nSPS) is 45.2. The Morgan fingerprint density at radius 1 is 1.00 bits per heavy atom. The molecule has 0 amide bonds. The molecule has 0 aromatic carbocycles. The van der Waals surface area contributed by atoms with Crippen LogP contribution in [-0.2, 0) is 9.53 Å². The average molecular weight is 413 g/mol. The smallest absolute Gasteiger partial charge is 0.335 e. The van der Waals surface area contributed by atoms with E-state index in [4.69, 9.17) is 9.15 Å². The van der Waals surface area contributed by atoms with E-state index >= 15 is 0 Å². The molecule has 4 nitrogen and oxygen atoms in total. The summed E-state index contributed by atoms with van der Waals surface area (Å²) in [5.74, 6) is 3.48. The second-order valence-corrected chi connectivity index (χ2v) is 11.2. The number of hydrogen-bond acceptors (Lipinski definition) is 4. The van der Waals surface area contributed by atoms with E-state index in [2.05, 4.69) is 13.8 Å². The van der Waals surface area contributed by atoms with Crippen LogP contribution < -0.4 is 5.63 Å². The summed E-state index contributed by atoms with van der Waals surface area (Å²) in [4.78, 5) is 22.9. The first kappa shape index (κ1) is 20.3. The number of ether oxygens (including phenoxy) is 1. The summed E-state index contributed by atoms with van der Waals surface area (Å²) in [5.41, 5.74) is 1.69. The Balaban J connectivity index is 1.37. The van der Waals surface area contributed by atoms with E-state index < -0.39 is 0 Å². The lowest BCUT2D eigenvalue weighted by atomic mass is 9.44. The highest BCUT2D eigenvalue weighted by Crippen LogP contribution is 2.69. The van der Waals surface area contributed by atoms with Gasteiger partial charge < -0.3 is 9.15 Å². The molecule has 1 aromatic heterocycles. The van der Waals surface area contributed by atoms with E-state index in [1.54, 1.807) is 19.3 Å². The molecule has 0 saturated heterocycles. The molecule has 4 saturated carbocycles. The molecule has 4 heteroatoms. The van der Waals surface area contributed by atoms with Crippen LogP contribution in [-0.4, -0.2) is 12.1 Å². The Morgan fingerprint density at radius 3 is 2.50 bits per heavy atom. The predicted molar refractivity (Wildman–Crippen MR) is 115 cm³/mol. The van der Waals surface area contributed by atoms with E-state index in [0.29, 0.717) is 22.7 Å². The van der Waals surface area contributed by atoms with Gasteiger partial charge in [0.15, 0.2) is 0 Å². The molecule has 0 spiro atoms. The van der Waals surface area contributed by atoms with E-state index in [1.807, 2.05) is 6.07 Å². The molecule has 8 atom stereocenters. The van der Waals surface area contributed by atoms with Gasteiger partial charge in [-0.25, -0.2) is 4.79 Å². The van der Waals surface area contributed by atoms with Gasteiger partial charge in [-0.1, -0.05) is 13.8 Å². The zero-order valence-electron chi connectivity index (χ0n) is 18.7. The molecule has 4 aliphatic rings. The van der Waals surface area contributed by atoms with E-state index in [1.165, 1.54) is 50.5 Å². The SMILES string of the molecule is CC(=O)O[C@H]1CC[C@@]2(C)[C@@H](CC[C@@H]3[C@@H]2CC[C@]2(C)[C@@H](c4ccc(=O)oc4)CC[C@@H]32)C1. The molecular formula is C26H36O4. The number of carbonyl (C=O) groups is 1. The Labute approximate surface area is 179 Å². The van der Waals surface area contributed by atoms with Crippen molar-refractivity contribution in [1.82, 2.24) is 0 Å². The van der Waals surface area contributed by atoms with Crippen LogP contribution in [0.3, 0.4) is 0 Å². The van der Waals surface area contributed by atoms with Gasteiger partial charge in [0.2, 0.25) is 0 Å². The highest BCUT2D eigenvalue weighted by molar-refractivity contribution is 5.66. The quantitative estimate of drug-likeness (QED) is 0.585. The van der Waals surface area contributed by atoms with Crippen LogP contribution >= 0.6 is 0 Å². The summed E-state index contributed by atoms with van der Waals surface area (Å²) in [7, 11) is 0. The van der Waals surface area contributed by atoms with Gasteiger partial charge in [-0.05, 0) is 110 Å². The second-order valence-electron chi connectivity index (χ2n) is 11.2.